The Morgan fingerprint density at radius 2 is 1.77 bits per heavy atom. The average Bonchev–Trinajstić information content (AvgIpc) is 3.04. The maximum atomic E-state index is 5.09. The fourth-order valence-corrected chi connectivity index (χ4v) is 2.28. The summed E-state index contributed by atoms with van der Waals surface area (Å²) in [5.41, 5.74) is 4.20. The van der Waals surface area contributed by atoms with E-state index in [-0.39, 0.29) is 0 Å². The molecule has 5 heteroatoms. The van der Waals surface area contributed by atoms with Crippen molar-refractivity contribution in [1.82, 2.24) is 14.8 Å². The van der Waals surface area contributed by atoms with E-state index in [9.17, 15) is 0 Å². The zero-order valence-corrected chi connectivity index (χ0v) is 12.9. The van der Waals surface area contributed by atoms with Crippen molar-refractivity contribution in [3.05, 3.63) is 54.9 Å². The Morgan fingerprint density at radius 3 is 2.36 bits per heavy atom. The van der Waals surface area contributed by atoms with Crippen molar-refractivity contribution in [2.45, 2.75) is 0 Å². The molecule has 0 saturated carbocycles. The van der Waals surface area contributed by atoms with Gasteiger partial charge in [-0.05, 0) is 24.3 Å². The Morgan fingerprint density at radius 1 is 1.00 bits per heavy atom. The molecule has 0 unspecified atom stereocenters. The van der Waals surface area contributed by atoms with Gasteiger partial charge in [0, 0.05) is 31.4 Å². The first-order valence-corrected chi connectivity index (χ1v) is 7.01. The number of rotatable bonds is 4. The predicted molar refractivity (Wildman–Crippen MR) is 87.7 cm³/mol. The van der Waals surface area contributed by atoms with E-state index in [0.717, 1.165) is 16.9 Å². The average molecular weight is 294 g/mol. The number of hydrogen-bond donors (Lipinski definition) is 0. The van der Waals surface area contributed by atoms with Crippen LogP contribution in [0.3, 0.4) is 0 Å². The van der Waals surface area contributed by atoms with Crippen LogP contribution in [-0.4, -0.2) is 36.0 Å². The third kappa shape index (κ3) is 2.65. The fourth-order valence-electron chi connectivity index (χ4n) is 2.28. The van der Waals surface area contributed by atoms with Gasteiger partial charge in [0.2, 0.25) is 5.88 Å². The molecule has 0 atom stereocenters. The second-order valence-corrected chi connectivity index (χ2v) is 5.13. The fraction of sp³-hybridized carbons (Fsp3) is 0.176. The van der Waals surface area contributed by atoms with E-state index in [0.29, 0.717) is 5.88 Å². The van der Waals surface area contributed by atoms with Crippen molar-refractivity contribution in [2.24, 2.45) is 0 Å². The number of ether oxygens (including phenoxy) is 1. The second kappa shape index (κ2) is 5.89. The Hall–Kier alpha value is -2.82. The van der Waals surface area contributed by atoms with Crippen LogP contribution in [0.25, 0.3) is 16.9 Å². The molecule has 0 spiro atoms. The largest absolute Gasteiger partial charge is 0.481 e. The summed E-state index contributed by atoms with van der Waals surface area (Å²) in [6.45, 7) is 0. The molecule has 0 radical (unpaired) electrons. The standard InChI is InChI=1S/C17H18N4O/c1-20(2)14-6-4-13(5-7-14)16-10-11-19-21(16)15-8-9-17(22-3)18-12-15/h4-12H,1-3H3. The summed E-state index contributed by atoms with van der Waals surface area (Å²) in [6, 6.07) is 14.2. The first-order chi connectivity index (χ1) is 10.7. The van der Waals surface area contributed by atoms with Gasteiger partial charge in [-0.25, -0.2) is 9.67 Å². The molecule has 3 rings (SSSR count). The van der Waals surface area contributed by atoms with Crippen LogP contribution in [0.5, 0.6) is 5.88 Å². The van der Waals surface area contributed by atoms with E-state index in [4.69, 9.17) is 4.74 Å². The number of anilines is 1. The van der Waals surface area contributed by atoms with E-state index < -0.39 is 0 Å². The number of benzene rings is 1. The second-order valence-electron chi connectivity index (χ2n) is 5.13. The third-order valence-corrected chi connectivity index (χ3v) is 3.50. The van der Waals surface area contributed by atoms with Gasteiger partial charge in [0.15, 0.2) is 0 Å². The van der Waals surface area contributed by atoms with Gasteiger partial charge >= 0.3 is 0 Å². The summed E-state index contributed by atoms with van der Waals surface area (Å²) in [7, 11) is 5.66. The highest BCUT2D eigenvalue weighted by Gasteiger charge is 2.08. The molecule has 2 heterocycles. The van der Waals surface area contributed by atoms with Gasteiger partial charge in [0.25, 0.3) is 0 Å². The van der Waals surface area contributed by atoms with Crippen LogP contribution in [0.2, 0.25) is 0 Å². The molecular weight excluding hydrogens is 276 g/mol. The van der Waals surface area contributed by atoms with Crippen molar-refractivity contribution in [1.29, 1.82) is 0 Å². The van der Waals surface area contributed by atoms with Crippen molar-refractivity contribution in [3.63, 3.8) is 0 Å². The lowest BCUT2D eigenvalue weighted by Gasteiger charge is -2.13. The molecule has 2 aromatic heterocycles. The van der Waals surface area contributed by atoms with E-state index in [1.807, 2.05) is 37.0 Å². The van der Waals surface area contributed by atoms with E-state index in [1.54, 1.807) is 19.5 Å². The number of aromatic nitrogens is 3. The normalized spacial score (nSPS) is 10.5. The Labute approximate surface area is 129 Å². The molecule has 5 nitrogen and oxygen atoms in total. The molecule has 0 amide bonds. The van der Waals surface area contributed by atoms with Gasteiger partial charge < -0.3 is 9.64 Å². The Bertz CT molecular complexity index is 745. The molecule has 0 bridgehead atoms. The minimum atomic E-state index is 0.591. The third-order valence-electron chi connectivity index (χ3n) is 3.50. The monoisotopic (exact) mass is 294 g/mol. The lowest BCUT2D eigenvalue weighted by Crippen LogP contribution is -2.08. The molecule has 3 aromatic rings. The number of hydrogen-bond acceptors (Lipinski definition) is 4. The van der Waals surface area contributed by atoms with Crippen LogP contribution in [0.1, 0.15) is 0 Å². The van der Waals surface area contributed by atoms with E-state index in [1.165, 1.54) is 5.69 Å². The molecule has 0 aliphatic rings. The maximum absolute atomic E-state index is 5.09. The summed E-state index contributed by atoms with van der Waals surface area (Å²) < 4.78 is 6.96. The molecule has 0 N–H and O–H groups in total. The van der Waals surface area contributed by atoms with Gasteiger partial charge in [-0.1, -0.05) is 12.1 Å². The molecular formula is C17H18N4O. The van der Waals surface area contributed by atoms with Gasteiger partial charge in [-0.3, -0.25) is 0 Å². The molecule has 112 valence electrons. The SMILES string of the molecule is COc1ccc(-n2nccc2-c2ccc(N(C)C)cc2)cn1. The zero-order valence-electron chi connectivity index (χ0n) is 12.9. The van der Waals surface area contributed by atoms with Crippen molar-refractivity contribution in [3.8, 4) is 22.8 Å². The van der Waals surface area contributed by atoms with E-state index >= 15 is 0 Å². The lowest BCUT2D eigenvalue weighted by atomic mass is 10.1. The number of pyridine rings is 1. The molecule has 1 aromatic carbocycles. The summed E-state index contributed by atoms with van der Waals surface area (Å²) >= 11 is 0. The van der Waals surface area contributed by atoms with Crippen molar-refractivity contribution in [2.75, 3.05) is 26.1 Å². The zero-order chi connectivity index (χ0) is 15.5. The molecule has 22 heavy (non-hydrogen) atoms. The van der Waals surface area contributed by atoms with Crippen molar-refractivity contribution < 1.29 is 4.74 Å². The Balaban J connectivity index is 1.97. The van der Waals surface area contributed by atoms with Gasteiger partial charge in [-0.2, -0.15) is 5.10 Å². The van der Waals surface area contributed by atoms with Gasteiger partial charge in [-0.15, -0.1) is 0 Å². The molecule has 0 fully saturated rings. The van der Waals surface area contributed by atoms with Gasteiger partial charge in [0.1, 0.15) is 0 Å². The van der Waals surface area contributed by atoms with Gasteiger partial charge in [0.05, 0.1) is 30.9 Å². The smallest absolute Gasteiger partial charge is 0.213 e. The minimum Gasteiger partial charge on any atom is -0.481 e. The van der Waals surface area contributed by atoms with Crippen LogP contribution < -0.4 is 9.64 Å². The predicted octanol–water partition coefficient (Wildman–Crippen LogP) is 3.01. The molecule has 0 aliphatic carbocycles. The van der Waals surface area contributed by atoms with Crippen LogP contribution >= 0.6 is 0 Å². The summed E-state index contributed by atoms with van der Waals surface area (Å²) in [5, 5.41) is 4.40. The number of nitrogens with zero attached hydrogens (tertiary/aromatic N) is 4. The maximum Gasteiger partial charge on any atom is 0.213 e. The highest BCUT2D eigenvalue weighted by Crippen LogP contribution is 2.24. The quantitative estimate of drug-likeness (QED) is 0.742. The summed E-state index contributed by atoms with van der Waals surface area (Å²) in [5.74, 6) is 0.591. The Kier molecular flexibility index (Phi) is 3.78. The highest BCUT2D eigenvalue weighted by molar-refractivity contribution is 5.65. The first kappa shape index (κ1) is 14.1. The molecule has 0 saturated heterocycles. The summed E-state index contributed by atoms with van der Waals surface area (Å²) in [6.07, 6.45) is 3.54. The van der Waals surface area contributed by atoms with Crippen LogP contribution in [0.15, 0.2) is 54.9 Å². The first-order valence-electron chi connectivity index (χ1n) is 7.01. The minimum absolute atomic E-state index is 0.591. The summed E-state index contributed by atoms with van der Waals surface area (Å²) in [4.78, 5) is 6.31. The number of methoxy groups -OCH3 is 1. The van der Waals surface area contributed by atoms with Crippen LogP contribution in [0.4, 0.5) is 5.69 Å². The van der Waals surface area contributed by atoms with Crippen molar-refractivity contribution >= 4 is 5.69 Å². The highest BCUT2D eigenvalue weighted by atomic mass is 16.5. The topological polar surface area (TPSA) is 43.2 Å². The lowest BCUT2D eigenvalue weighted by molar-refractivity contribution is 0.397. The van der Waals surface area contributed by atoms with Crippen LogP contribution in [0, 0.1) is 0 Å². The van der Waals surface area contributed by atoms with E-state index in [2.05, 4.69) is 39.2 Å². The molecule has 0 aliphatic heterocycles. The van der Waals surface area contributed by atoms with Crippen LogP contribution in [-0.2, 0) is 0 Å².